The van der Waals surface area contributed by atoms with Gasteiger partial charge in [0.05, 0.1) is 0 Å². The first-order valence-electron chi connectivity index (χ1n) is 5.78. The molecule has 4 nitrogen and oxygen atoms in total. The quantitative estimate of drug-likeness (QED) is 0.808. The Morgan fingerprint density at radius 2 is 1.74 bits per heavy atom. The van der Waals surface area contributed by atoms with Gasteiger partial charge in [-0.2, -0.15) is 12.8 Å². The first-order valence-corrected chi connectivity index (χ1v) is 7.22. The van der Waals surface area contributed by atoms with Crippen LogP contribution in [0.5, 0.6) is 0 Å². The summed E-state index contributed by atoms with van der Waals surface area (Å²) in [6.07, 6.45) is 1.33. The number of benzene rings is 1. The molecule has 0 unspecified atom stereocenters. The van der Waals surface area contributed by atoms with Crippen LogP contribution in [0.25, 0.3) is 0 Å². The summed E-state index contributed by atoms with van der Waals surface area (Å²) in [6.45, 7) is 3.71. The van der Waals surface area contributed by atoms with Crippen molar-refractivity contribution >= 4 is 16.2 Å². The molecule has 2 aromatic rings. The lowest BCUT2D eigenvalue weighted by Crippen LogP contribution is -2.01. The molecule has 0 saturated carbocycles. The van der Waals surface area contributed by atoms with Crippen LogP contribution in [0.1, 0.15) is 16.8 Å². The van der Waals surface area contributed by atoms with Gasteiger partial charge in [-0.3, -0.25) is 0 Å². The Labute approximate surface area is 112 Å². The Morgan fingerprint density at radius 3 is 2.37 bits per heavy atom. The van der Waals surface area contributed by atoms with E-state index in [1.54, 1.807) is 19.1 Å². The molecular formula is C14H14N2O2S. The Morgan fingerprint density at radius 1 is 1.05 bits per heavy atom. The normalized spacial score (nSPS) is 11.9. The Hall–Kier alpha value is -2.01. The molecule has 0 spiro atoms. The molecule has 1 aromatic carbocycles. The zero-order valence-corrected chi connectivity index (χ0v) is 11.6. The molecule has 0 bridgehead atoms. The van der Waals surface area contributed by atoms with E-state index in [1.165, 1.54) is 12.3 Å². The van der Waals surface area contributed by atoms with Gasteiger partial charge in [-0.15, -0.1) is 0 Å². The predicted molar refractivity (Wildman–Crippen MR) is 74.9 cm³/mol. The first kappa shape index (κ1) is 13.4. The molecule has 0 aliphatic heterocycles. The summed E-state index contributed by atoms with van der Waals surface area (Å²) in [5.74, 6) is 0. The van der Waals surface area contributed by atoms with Gasteiger partial charge in [0, 0.05) is 11.9 Å². The van der Waals surface area contributed by atoms with Crippen LogP contribution >= 0.6 is 0 Å². The van der Waals surface area contributed by atoms with E-state index < -0.39 is 10.0 Å². The van der Waals surface area contributed by atoms with Gasteiger partial charge in [0.2, 0.25) is 0 Å². The number of sulfonamides is 1. The van der Waals surface area contributed by atoms with Crippen LogP contribution in [0.15, 0.2) is 51.9 Å². The molecule has 0 aliphatic rings. The summed E-state index contributed by atoms with van der Waals surface area (Å²) < 4.78 is 27.6. The second-order valence-corrected chi connectivity index (χ2v) is 5.82. The Balaban J connectivity index is 2.29. The number of aryl methyl sites for hydroxylation is 2. The second kappa shape index (κ2) is 5.32. The highest BCUT2D eigenvalue weighted by molar-refractivity contribution is 7.90. The highest BCUT2D eigenvalue weighted by Crippen LogP contribution is 2.10. The van der Waals surface area contributed by atoms with Crippen molar-refractivity contribution in [1.29, 1.82) is 0 Å². The molecule has 19 heavy (non-hydrogen) atoms. The average Bonchev–Trinajstić information content (AvgIpc) is 2.38. The maximum absolute atomic E-state index is 12.0. The van der Waals surface area contributed by atoms with E-state index in [1.807, 2.05) is 31.2 Å². The van der Waals surface area contributed by atoms with E-state index in [-0.39, 0.29) is 5.03 Å². The molecule has 0 aliphatic carbocycles. The van der Waals surface area contributed by atoms with E-state index in [9.17, 15) is 8.42 Å². The van der Waals surface area contributed by atoms with Crippen LogP contribution in [0.3, 0.4) is 0 Å². The molecule has 98 valence electrons. The van der Waals surface area contributed by atoms with Crippen LogP contribution in [-0.2, 0) is 10.0 Å². The zero-order chi connectivity index (χ0) is 13.9. The van der Waals surface area contributed by atoms with Gasteiger partial charge >= 0.3 is 0 Å². The standard InChI is InChI=1S/C14H14N2O2S/c1-11-6-8-13(9-7-11)10-15-19(17,18)14-5-3-4-12(2)16-14/h3-10H,1-2H3/b15-10+. The predicted octanol–water partition coefficient (Wildman–Crippen LogP) is 2.51. The van der Waals surface area contributed by atoms with Gasteiger partial charge in [0.15, 0.2) is 5.03 Å². The third kappa shape index (κ3) is 3.48. The molecule has 0 radical (unpaired) electrons. The summed E-state index contributed by atoms with van der Waals surface area (Å²) in [6, 6.07) is 12.3. The van der Waals surface area contributed by atoms with Gasteiger partial charge in [-0.25, -0.2) is 4.98 Å². The summed E-state index contributed by atoms with van der Waals surface area (Å²) in [4.78, 5) is 3.97. The van der Waals surface area contributed by atoms with Crippen molar-refractivity contribution in [2.45, 2.75) is 18.9 Å². The summed E-state index contributed by atoms with van der Waals surface area (Å²) in [5, 5.41) is -0.0316. The number of pyridine rings is 1. The van der Waals surface area contributed by atoms with Crippen LogP contribution < -0.4 is 0 Å². The third-order valence-corrected chi connectivity index (χ3v) is 3.68. The topological polar surface area (TPSA) is 59.4 Å². The average molecular weight is 274 g/mol. The molecule has 1 aromatic heterocycles. The minimum absolute atomic E-state index is 0.0316. The van der Waals surface area contributed by atoms with Crippen molar-refractivity contribution in [2.75, 3.05) is 0 Å². The largest absolute Gasteiger partial charge is 0.299 e. The van der Waals surface area contributed by atoms with Crippen molar-refractivity contribution in [3.63, 3.8) is 0 Å². The molecule has 0 fully saturated rings. The lowest BCUT2D eigenvalue weighted by Gasteiger charge is -1.99. The zero-order valence-electron chi connectivity index (χ0n) is 10.7. The van der Waals surface area contributed by atoms with Crippen LogP contribution in [-0.4, -0.2) is 19.6 Å². The van der Waals surface area contributed by atoms with Crippen molar-refractivity contribution in [3.8, 4) is 0 Å². The van der Waals surface area contributed by atoms with E-state index in [2.05, 4.69) is 9.38 Å². The van der Waals surface area contributed by atoms with Gasteiger partial charge in [-0.05, 0) is 31.5 Å². The highest BCUT2D eigenvalue weighted by Gasteiger charge is 2.13. The fourth-order valence-electron chi connectivity index (χ4n) is 1.50. The van der Waals surface area contributed by atoms with Gasteiger partial charge < -0.3 is 0 Å². The fraction of sp³-hybridized carbons (Fsp3) is 0.143. The fourth-order valence-corrected chi connectivity index (χ4v) is 2.38. The van der Waals surface area contributed by atoms with Gasteiger partial charge in [0.25, 0.3) is 10.0 Å². The van der Waals surface area contributed by atoms with Crippen molar-refractivity contribution in [1.82, 2.24) is 4.98 Å². The lowest BCUT2D eigenvalue weighted by molar-refractivity contribution is 0.594. The maximum atomic E-state index is 12.0. The first-order chi connectivity index (χ1) is 8.97. The van der Waals surface area contributed by atoms with Gasteiger partial charge in [-0.1, -0.05) is 35.9 Å². The maximum Gasteiger partial charge on any atom is 0.299 e. The molecule has 5 heteroatoms. The molecule has 0 saturated heterocycles. The highest BCUT2D eigenvalue weighted by atomic mass is 32.2. The van der Waals surface area contributed by atoms with E-state index in [4.69, 9.17) is 0 Å². The Bertz CT molecular complexity index is 704. The van der Waals surface area contributed by atoms with Crippen molar-refractivity contribution in [3.05, 3.63) is 59.3 Å². The smallest absolute Gasteiger partial charge is 0.240 e. The SMILES string of the molecule is Cc1ccc(/C=N/S(=O)(=O)c2cccc(C)n2)cc1. The van der Waals surface area contributed by atoms with Crippen molar-refractivity contribution in [2.24, 2.45) is 4.40 Å². The number of hydrogen-bond donors (Lipinski definition) is 0. The summed E-state index contributed by atoms with van der Waals surface area (Å²) in [5.41, 5.74) is 2.49. The monoisotopic (exact) mass is 274 g/mol. The minimum Gasteiger partial charge on any atom is -0.240 e. The lowest BCUT2D eigenvalue weighted by atomic mass is 10.2. The minimum atomic E-state index is -3.73. The third-order valence-electron chi connectivity index (χ3n) is 2.54. The van der Waals surface area contributed by atoms with Crippen molar-refractivity contribution < 1.29 is 8.42 Å². The van der Waals surface area contributed by atoms with Gasteiger partial charge in [0.1, 0.15) is 0 Å². The van der Waals surface area contributed by atoms with E-state index >= 15 is 0 Å². The number of rotatable bonds is 3. The van der Waals surface area contributed by atoms with E-state index in [0.717, 1.165) is 11.1 Å². The molecular weight excluding hydrogens is 260 g/mol. The number of aromatic nitrogens is 1. The number of hydrogen-bond acceptors (Lipinski definition) is 3. The molecule has 0 amide bonds. The van der Waals surface area contributed by atoms with Crippen LogP contribution in [0, 0.1) is 13.8 Å². The second-order valence-electron chi connectivity index (χ2n) is 4.24. The molecule has 2 rings (SSSR count). The molecule has 1 heterocycles. The van der Waals surface area contributed by atoms with E-state index in [0.29, 0.717) is 5.69 Å². The summed E-state index contributed by atoms with van der Waals surface area (Å²) >= 11 is 0. The van der Waals surface area contributed by atoms with Crippen LogP contribution in [0.4, 0.5) is 0 Å². The summed E-state index contributed by atoms with van der Waals surface area (Å²) in [7, 11) is -3.73. The molecule has 0 atom stereocenters. The number of nitrogens with zero attached hydrogens (tertiary/aromatic N) is 2. The Kier molecular flexibility index (Phi) is 3.76. The molecule has 0 N–H and O–H groups in total. The van der Waals surface area contributed by atoms with Crippen LogP contribution in [0.2, 0.25) is 0 Å².